The minimum Gasteiger partial charge on any atom is -0.455 e. The van der Waals surface area contributed by atoms with Gasteiger partial charge in [-0.25, -0.2) is 4.79 Å². The standard InChI is InChI=1S/C20H32O2/c1-13(2)6-7-20(22-18(21)14(3)4)16-8-15-9-17(20)12-19(5,10-15)11-16/h13,15-17H,3,6-12H2,1-2,4-5H3. The van der Waals surface area contributed by atoms with Crippen molar-refractivity contribution in [3.05, 3.63) is 12.2 Å². The molecule has 0 aromatic heterocycles. The lowest BCUT2D eigenvalue weighted by atomic mass is 9.44. The highest BCUT2D eigenvalue weighted by Gasteiger charge is 2.62. The quantitative estimate of drug-likeness (QED) is 0.520. The van der Waals surface area contributed by atoms with E-state index in [9.17, 15) is 4.79 Å². The van der Waals surface area contributed by atoms with Gasteiger partial charge in [-0.1, -0.05) is 27.4 Å². The zero-order chi connectivity index (χ0) is 16.1. The molecule has 0 aromatic rings. The number of esters is 1. The van der Waals surface area contributed by atoms with E-state index in [1.807, 2.05) is 0 Å². The average molecular weight is 304 g/mol. The molecule has 124 valence electrons. The first-order chi connectivity index (χ1) is 10.2. The molecule has 4 saturated carbocycles. The van der Waals surface area contributed by atoms with Gasteiger partial charge in [0.05, 0.1) is 0 Å². The predicted octanol–water partition coefficient (Wildman–Crippen LogP) is 5.13. The van der Waals surface area contributed by atoms with E-state index in [2.05, 4.69) is 27.4 Å². The largest absolute Gasteiger partial charge is 0.455 e. The van der Waals surface area contributed by atoms with E-state index >= 15 is 0 Å². The summed E-state index contributed by atoms with van der Waals surface area (Å²) in [5.41, 5.74) is 0.855. The number of rotatable bonds is 5. The lowest BCUT2D eigenvalue weighted by Gasteiger charge is -2.64. The monoisotopic (exact) mass is 304 g/mol. The van der Waals surface area contributed by atoms with Gasteiger partial charge < -0.3 is 4.74 Å². The van der Waals surface area contributed by atoms with Crippen LogP contribution in [0.15, 0.2) is 12.2 Å². The lowest BCUT2D eigenvalue weighted by Crippen LogP contribution is -2.62. The third kappa shape index (κ3) is 2.63. The molecule has 0 N–H and O–H groups in total. The summed E-state index contributed by atoms with van der Waals surface area (Å²) >= 11 is 0. The molecule has 0 aromatic carbocycles. The molecule has 4 aliphatic rings. The fourth-order valence-electron chi connectivity index (χ4n) is 5.85. The van der Waals surface area contributed by atoms with Crippen LogP contribution in [0.3, 0.4) is 0 Å². The molecule has 0 heterocycles. The van der Waals surface area contributed by atoms with Crippen molar-refractivity contribution >= 4 is 5.97 Å². The highest BCUT2D eigenvalue weighted by Crippen LogP contribution is 2.65. The molecule has 4 bridgehead atoms. The third-order valence-corrected chi connectivity index (χ3v) is 6.62. The van der Waals surface area contributed by atoms with E-state index in [-0.39, 0.29) is 11.6 Å². The molecular weight excluding hydrogens is 272 g/mol. The van der Waals surface area contributed by atoms with Crippen LogP contribution < -0.4 is 0 Å². The van der Waals surface area contributed by atoms with Crippen molar-refractivity contribution < 1.29 is 9.53 Å². The van der Waals surface area contributed by atoms with Crippen molar-refractivity contribution in [3.63, 3.8) is 0 Å². The van der Waals surface area contributed by atoms with Gasteiger partial charge in [-0.3, -0.25) is 0 Å². The molecule has 2 atom stereocenters. The molecular formula is C20H32O2. The van der Waals surface area contributed by atoms with Crippen LogP contribution >= 0.6 is 0 Å². The molecule has 2 nitrogen and oxygen atoms in total. The Labute approximate surface area is 135 Å². The topological polar surface area (TPSA) is 26.3 Å². The first kappa shape index (κ1) is 16.1. The first-order valence-corrected chi connectivity index (χ1v) is 9.13. The maximum Gasteiger partial charge on any atom is 0.333 e. The summed E-state index contributed by atoms with van der Waals surface area (Å²) < 4.78 is 6.23. The molecule has 0 spiro atoms. The normalized spacial score (nSPS) is 42.7. The second kappa shape index (κ2) is 5.39. The Bertz CT molecular complexity index is 460. The third-order valence-electron chi connectivity index (χ3n) is 6.62. The molecule has 4 fully saturated rings. The van der Waals surface area contributed by atoms with Gasteiger partial charge in [0.15, 0.2) is 0 Å². The first-order valence-electron chi connectivity index (χ1n) is 9.13. The number of ether oxygens (including phenoxy) is 1. The Kier molecular flexibility index (Phi) is 3.94. The zero-order valence-corrected chi connectivity index (χ0v) is 14.8. The highest BCUT2D eigenvalue weighted by atomic mass is 16.6. The van der Waals surface area contributed by atoms with Gasteiger partial charge in [0, 0.05) is 5.57 Å². The van der Waals surface area contributed by atoms with E-state index in [0.717, 1.165) is 18.8 Å². The van der Waals surface area contributed by atoms with Gasteiger partial charge in [-0.05, 0) is 81.0 Å². The van der Waals surface area contributed by atoms with Crippen LogP contribution in [0.4, 0.5) is 0 Å². The maximum absolute atomic E-state index is 12.3. The molecule has 4 aliphatic carbocycles. The molecule has 0 saturated heterocycles. The van der Waals surface area contributed by atoms with E-state index in [0.29, 0.717) is 28.7 Å². The van der Waals surface area contributed by atoms with Crippen LogP contribution in [0.2, 0.25) is 0 Å². The Morgan fingerprint density at radius 3 is 2.27 bits per heavy atom. The average Bonchev–Trinajstić information content (AvgIpc) is 2.39. The van der Waals surface area contributed by atoms with Crippen LogP contribution in [0.1, 0.15) is 72.6 Å². The maximum atomic E-state index is 12.3. The number of carbonyl (C=O) groups excluding carboxylic acids is 1. The van der Waals surface area contributed by atoms with Crippen molar-refractivity contribution in [1.82, 2.24) is 0 Å². The fraction of sp³-hybridized carbons (Fsp3) is 0.850. The molecule has 0 aliphatic heterocycles. The molecule has 4 rings (SSSR count). The number of hydrogen-bond acceptors (Lipinski definition) is 2. The van der Waals surface area contributed by atoms with Crippen LogP contribution in [0.25, 0.3) is 0 Å². The smallest absolute Gasteiger partial charge is 0.333 e. The van der Waals surface area contributed by atoms with Crippen LogP contribution in [-0.2, 0) is 9.53 Å². The summed E-state index contributed by atoms with van der Waals surface area (Å²) in [5.74, 6) is 2.52. The van der Waals surface area contributed by atoms with Crippen LogP contribution in [-0.4, -0.2) is 11.6 Å². The molecule has 0 amide bonds. The molecule has 2 heteroatoms. The van der Waals surface area contributed by atoms with Crippen molar-refractivity contribution in [3.8, 4) is 0 Å². The SMILES string of the molecule is C=C(C)C(=O)OC1(CCC(C)C)C2CC3CC1CC(C)(C3)C2. The van der Waals surface area contributed by atoms with Gasteiger partial charge in [-0.2, -0.15) is 0 Å². The molecule has 0 radical (unpaired) electrons. The fourth-order valence-corrected chi connectivity index (χ4v) is 5.85. The summed E-state index contributed by atoms with van der Waals surface area (Å²) in [6, 6.07) is 0. The Hall–Kier alpha value is -0.790. The van der Waals surface area contributed by atoms with Gasteiger partial charge in [-0.15, -0.1) is 0 Å². The minimum absolute atomic E-state index is 0.165. The van der Waals surface area contributed by atoms with E-state index in [1.165, 1.54) is 32.1 Å². The lowest BCUT2D eigenvalue weighted by molar-refractivity contribution is -0.223. The number of hydrogen-bond donors (Lipinski definition) is 0. The second-order valence-corrected chi connectivity index (χ2v) is 9.21. The summed E-state index contributed by atoms with van der Waals surface area (Å²) in [5, 5.41) is 0. The van der Waals surface area contributed by atoms with Crippen LogP contribution in [0, 0.1) is 29.1 Å². The van der Waals surface area contributed by atoms with Gasteiger partial charge in [0.2, 0.25) is 0 Å². The Morgan fingerprint density at radius 1 is 1.23 bits per heavy atom. The molecule has 22 heavy (non-hydrogen) atoms. The Balaban J connectivity index is 1.88. The zero-order valence-electron chi connectivity index (χ0n) is 14.8. The summed E-state index contributed by atoms with van der Waals surface area (Å²) in [6.45, 7) is 12.6. The number of carbonyl (C=O) groups is 1. The van der Waals surface area contributed by atoms with Crippen molar-refractivity contribution in [1.29, 1.82) is 0 Å². The Morgan fingerprint density at radius 2 is 1.82 bits per heavy atom. The summed E-state index contributed by atoms with van der Waals surface area (Å²) in [6.07, 6.45) is 8.64. The van der Waals surface area contributed by atoms with Gasteiger partial charge >= 0.3 is 5.97 Å². The van der Waals surface area contributed by atoms with Crippen molar-refractivity contribution in [2.75, 3.05) is 0 Å². The van der Waals surface area contributed by atoms with Gasteiger partial charge in [0.25, 0.3) is 0 Å². The minimum atomic E-state index is -0.198. The van der Waals surface area contributed by atoms with E-state index < -0.39 is 0 Å². The summed E-state index contributed by atoms with van der Waals surface area (Å²) in [4.78, 5) is 12.3. The van der Waals surface area contributed by atoms with Gasteiger partial charge in [0.1, 0.15) is 5.60 Å². The van der Waals surface area contributed by atoms with E-state index in [4.69, 9.17) is 4.74 Å². The molecule has 2 unspecified atom stereocenters. The second-order valence-electron chi connectivity index (χ2n) is 9.21. The van der Waals surface area contributed by atoms with Crippen LogP contribution in [0.5, 0.6) is 0 Å². The highest BCUT2D eigenvalue weighted by molar-refractivity contribution is 5.87. The van der Waals surface area contributed by atoms with E-state index in [1.54, 1.807) is 6.92 Å². The predicted molar refractivity (Wildman–Crippen MR) is 89.4 cm³/mol. The van der Waals surface area contributed by atoms with Crippen molar-refractivity contribution in [2.24, 2.45) is 29.1 Å². The summed E-state index contributed by atoms with van der Waals surface area (Å²) in [7, 11) is 0. The van der Waals surface area contributed by atoms with Crippen molar-refractivity contribution in [2.45, 2.75) is 78.2 Å².